The number of nitrogens with zero attached hydrogens (tertiary/aromatic N) is 1. The third kappa shape index (κ3) is 1.99. The maximum absolute atomic E-state index is 13.0. The Kier molecular flexibility index (Phi) is 3.40. The lowest BCUT2D eigenvalue weighted by atomic mass is 9.64. The molecule has 9 heteroatoms. The average molecular weight is 409 g/mol. The number of carboxylic acids is 1. The van der Waals surface area contributed by atoms with Crippen LogP contribution in [0, 0.1) is 29.6 Å². The molecule has 0 unspecified atom stereocenters. The second-order valence-corrected chi connectivity index (χ2v) is 10.8. The largest absolute Gasteiger partial charge is 0.480 e. The van der Waals surface area contributed by atoms with Gasteiger partial charge in [-0.3, -0.25) is 19.3 Å². The Morgan fingerprint density at radius 1 is 1.22 bits per heavy atom. The first-order chi connectivity index (χ1) is 12.6. The number of carbonyl (C=O) groups excluding carboxylic acids is 2. The molecule has 2 saturated carbocycles. The lowest BCUT2D eigenvalue weighted by Crippen LogP contribution is -2.48. The van der Waals surface area contributed by atoms with E-state index in [1.54, 1.807) is 11.8 Å². The molecule has 2 aliphatic heterocycles. The topological polar surface area (TPSA) is 108 Å². The molecule has 0 aromatic carbocycles. The van der Waals surface area contributed by atoms with Crippen molar-refractivity contribution >= 4 is 40.9 Å². The highest BCUT2D eigenvalue weighted by molar-refractivity contribution is 8.00. The zero-order valence-corrected chi connectivity index (χ0v) is 16.7. The number of imide groups is 1. The number of thioether (sulfide) groups is 1. The van der Waals surface area contributed by atoms with Gasteiger partial charge in [0.15, 0.2) is 0 Å². The molecule has 7 atom stereocenters. The zero-order valence-electron chi connectivity index (χ0n) is 15.1. The van der Waals surface area contributed by atoms with Gasteiger partial charge in [0, 0.05) is 15.5 Å². The van der Waals surface area contributed by atoms with Crippen LogP contribution in [0.5, 0.6) is 0 Å². The van der Waals surface area contributed by atoms with E-state index < -0.39 is 23.8 Å². The van der Waals surface area contributed by atoms with Crippen LogP contribution >= 0.6 is 23.1 Å². The smallest absolute Gasteiger partial charge is 0.326 e. The monoisotopic (exact) mass is 408 g/mol. The summed E-state index contributed by atoms with van der Waals surface area (Å²) in [5.74, 6) is -2.33. The Morgan fingerprint density at radius 2 is 1.85 bits per heavy atom. The van der Waals surface area contributed by atoms with Crippen LogP contribution in [0.25, 0.3) is 0 Å². The summed E-state index contributed by atoms with van der Waals surface area (Å²) in [6.45, 7) is 5.65. The van der Waals surface area contributed by atoms with Gasteiger partial charge in [-0.05, 0) is 31.1 Å². The second kappa shape index (κ2) is 5.26. The Hall–Kier alpha value is -1.61. The van der Waals surface area contributed by atoms with Crippen molar-refractivity contribution in [1.29, 1.82) is 0 Å². The molecule has 2 N–H and O–H groups in total. The first-order valence-electron chi connectivity index (χ1n) is 9.14. The van der Waals surface area contributed by atoms with Gasteiger partial charge in [-0.15, -0.1) is 11.8 Å². The predicted molar refractivity (Wildman–Crippen MR) is 98.6 cm³/mol. The first kappa shape index (κ1) is 17.5. The molecule has 0 spiro atoms. The standard InChI is InChI=1S/C18H20N2O5S2/c1-5(16(23)24)20-14(21)8-6-4-7(9(8)15(20)22)11-10(6)18(2,3)12-13(26-11)19-17(25)27-12/h5-11H,4H2,1-3H3,(H,19,25)(H,23,24)/t5-,6+,7-,8-,9-,10-,11+/m1/s1. The summed E-state index contributed by atoms with van der Waals surface area (Å²) < 4.78 is 0. The van der Waals surface area contributed by atoms with E-state index >= 15 is 0 Å². The molecule has 2 amide bonds. The molecule has 1 aromatic heterocycles. The van der Waals surface area contributed by atoms with Crippen molar-refractivity contribution in [2.45, 2.75) is 48.9 Å². The maximum Gasteiger partial charge on any atom is 0.326 e. The van der Waals surface area contributed by atoms with Crippen LogP contribution in [-0.4, -0.2) is 44.1 Å². The number of H-pyrrole nitrogens is 1. The minimum absolute atomic E-state index is 0.0493. The molecule has 0 radical (unpaired) electrons. The number of amides is 2. The fraction of sp³-hybridized carbons (Fsp3) is 0.667. The molecule has 5 rings (SSSR count). The van der Waals surface area contributed by atoms with Gasteiger partial charge in [-0.1, -0.05) is 25.2 Å². The molecule has 3 heterocycles. The summed E-state index contributed by atoms with van der Waals surface area (Å²) in [5, 5.41) is 10.4. The molecule has 1 aromatic rings. The van der Waals surface area contributed by atoms with Gasteiger partial charge in [0.2, 0.25) is 11.8 Å². The number of fused-ring (bicyclic) bond motifs is 9. The van der Waals surface area contributed by atoms with Crippen molar-refractivity contribution in [2.24, 2.45) is 29.6 Å². The van der Waals surface area contributed by atoms with Crippen LogP contribution < -0.4 is 4.87 Å². The van der Waals surface area contributed by atoms with Crippen molar-refractivity contribution in [3.05, 3.63) is 14.5 Å². The fourth-order valence-corrected chi connectivity index (χ4v) is 9.32. The molecule has 2 bridgehead atoms. The summed E-state index contributed by atoms with van der Waals surface area (Å²) in [5.41, 5.74) is -0.255. The van der Waals surface area contributed by atoms with Gasteiger partial charge in [-0.25, -0.2) is 4.79 Å². The zero-order chi connectivity index (χ0) is 19.4. The normalized spacial score (nSPS) is 39.3. The summed E-state index contributed by atoms with van der Waals surface area (Å²) in [4.78, 5) is 54.2. The van der Waals surface area contributed by atoms with Crippen LogP contribution in [0.2, 0.25) is 0 Å². The van der Waals surface area contributed by atoms with Crippen LogP contribution in [0.3, 0.4) is 0 Å². The van der Waals surface area contributed by atoms with Gasteiger partial charge >= 0.3 is 10.8 Å². The second-order valence-electron chi connectivity index (χ2n) is 8.68. The summed E-state index contributed by atoms with van der Waals surface area (Å²) in [6, 6.07) is -1.13. The van der Waals surface area contributed by atoms with Crippen molar-refractivity contribution < 1.29 is 19.5 Å². The molecule has 3 fully saturated rings. The predicted octanol–water partition coefficient (Wildman–Crippen LogP) is 1.53. The van der Waals surface area contributed by atoms with E-state index in [4.69, 9.17) is 0 Å². The average Bonchev–Trinajstić information content (AvgIpc) is 3.29. The highest BCUT2D eigenvalue weighted by Crippen LogP contribution is 2.68. The Bertz CT molecular complexity index is 950. The number of thiazole rings is 1. The third-order valence-electron chi connectivity index (χ3n) is 7.17. The molecule has 7 nitrogen and oxygen atoms in total. The SMILES string of the molecule is C[C@H](C(=O)O)N1C(=O)[C@@H]2[C@H]3C[C@@H]([C@H]2C1=O)[C@@H]1[C@H]3Sc2[nH]c(=O)sc2C1(C)C. The number of aliphatic carboxylic acids is 1. The minimum atomic E-state index is -1.16. The van der Waals surface area contributed by atoms with E-state index in [9.17, 15) is 24.3 Å². The molecular weight excluding hydrogens is 388 g/mol. The molecular formula is C18H20N2O5S2. The highest BCUT2D eigenvalue weighted by atomic mass is 32.2. The van der Waals surface area contributed by atoms with Gasteiger partial charge in [0.1, 0.15) is 6.04 Å². The Morgan fingerprint density at radius 3 is 2.48 bits per heavy atom. The van der Waals surface area contributed by atoms with Crippen LogP contribution in [-0.2, 0) is 19.8 Å². The van der Waals surface area contributed by atoms with Gasteiger partial charge < -0.3 is 10.1 Å². The quantitative estimate of drug-likeness (QED) is 0.719. The number of hydrogen-bond acceptors (Lipinski definition) is 6. The van der Waals surface area contributed by atoms with Crippen LogP contribution in [0.15, 0.2) is 9.82 Å². The summed E-state index contributed by atoms with van der Waals surface area (Å²) in [6.07, 6.45) is 0.826. The first-order valence-corrected chi connectivity index (χ1v) is 10.8. The van der Waals surface area contributed by atoms with Crippen LogP contribution in [0.1, 0.15) is 32.1 Å². The van der Waals surface area contributed by atoms with Gasteiger partial charge in [-0.2, -0.15) is 0 Å². The van der Waals surface area contributed by atoms with Crippen molar-refractivity contribution in [3.63, 3.8) is 0 Å². The number of hydrogen-bond donors (Lipinski definition) is 2. The van der Waals surface area contributed by atoms with Crippen molar-refractivity contribution in [3.8, 4) is 0 Å². The Balaban J connectivity index is 1.57. The van der Waals surface area contributed by atoms with E-state index in [-0.39, 0.29) is 45.1 Å². The van der Waals surface area contributed by atoms with E-state index in [1.165, 1.54) is 18.3 Å². The van der Waals surface area contributed by atoms with Crippen molar-refractivity contribution in [1.82, 2.24) is 9.88 Å². The minimum Gasteiger partial charge on any atom is -0.480 e. The number of likely N-dealkylation sites (tertiary alicyclic amines) is 1. The molecule has 144 valence electrons. The van der Waals surface area contributed by atoms with Gasteiger partial charge in [0.25, 0.3) is 0 Å². The number of rotatable bonds is 2. The fourth-order valence-electron chi connectivity index (χ4n) is 6.17. The lowest BCUT2D eigenvalue weighted by molar-refractivity contribution is -0.154. The van der Waals surface area contributed by atoms with E-state index in [0.717, 1.165) is 21.2 Å². The van der Waals surface area contributed by atoms with E-state index in [2.05, 4.69) is 18.8 Å². The number of carboxylic acid groups (broad SMARTS) is 1. The van der Waals surface area contributed by atoms with Crippen LogP contribution in [0.4, 0.5) is 0 Å². The number of aromatic nitrogens is 1. The number of carbonyl (C=O) groups is 3. The van der Waals surface area contributed by atoms with E-state index in [1.807, 2.05) is 0 Å². The summed E-state index contributed by atoms with van der Waals surface area (Å²) >= 11 is 2.88. The number of aromatic amines is 1. The number of nitrogens with one attached hydrogen (secondary N) is 1. The van der Waals surface area contributed by atoms with E-state index in [0.29, 0.717) is 0 Å². The van der Waals surface area contributed by atoms with Gasteiger partial charge in [0.05, 0.1) is 16.9 Å². The Labute approximate surface area is 163 Å². The summed E-state index contributed by atoms with van der Waals surface area (Å²) in [7, 11) is 0. The molecule has 1 saturated heterocycles. The third-order valence-corrected chi connectivity index (χ3v) is 9.98. The van der Waals surface area contributed by atoms with Crippen molar-refractivity contribution in [2.75, 3.05) is 0 Å². The lowest BCUT2D eigenvalue weighted by Gasteiger charge is -2.47. The maximum atomic E-state index is 13.0. The molecule has 4 aliphatic rings. The molecule has 2 aliphatic carbocycles. The highest BCUT2D eigenvalue weighted by Gasteiger charge is 2.71. The molecule has 27 heavy (non-hydrogen) atoms.